The van der Waals surface area contributed by atoms with Crippen LogP contribution < -0.4 is 14.8 Å². The van der Waals surface area contributed by atoms with Crippen molar-refractivity contribution in [1.29, 1.82) is 0 Å². The van der Waals surface area contributed by atoms with Gasteiger partial charge in [0.05, 0.1) is 13.0 Å². The Morgan fingerprint density at radius 1 is 1.38 bits per heavy atom. The molecule has 0 saturated carbocycles. The summed E-state index contributed by atoms with van der Waals surface area (Å²) in [5.74, 6) is 1.45. The van der Waals surface area contributed by atoms with Crippen LogP contribution in [-0.2, 0) is 4.79 Å². The normalized spacial score (nSPS) is 26.9. The lowest BCUT2D eigenvalue weighted by Crippen LogP contribution is -2.31. The summed E-state index contributed by atoms with van der Waals surface area (Å²) in [6.45, 7) is 1.51. The number of ether oxygens (including phenoxy) is 2. The van der Waals surface area contributed by atoms with E-state index in [1.807, 2.05) is 18.2 Å². The SMILES string of the molecule is COc1cccc2c1[C@H]1CNC[C@H]1C(=O)O2. The molecule has 0 spiro atoms. The molecule has 4 heteroatoms. The number of methoxy groups -OCH3 is 1. The third-order valence-electron chi connectivity index (χ3n) is 3.34. The highest BCUT2D eigenvalue weighted by molar-refractivity contribution is 5.81. The van der Waals surface area contributed by atoms with Gasteiger partial charge in [-0.3, -0.25) is 4.79 Å². The average Bonchev–Trinajstić information content (AvgIpc) is 2.77. The number of carbonyl (C=O) groups excluding carboxylic acids is 1. The van der Waals surface area contributed by atoms with E-state index in [2.05, 4.69) is 5.32 Å². The lowest BCUT2D eigenvalue weighted by Gasteiger charge is -2.27. The first-order valence-electron chi connectivity index (χ1n) is 5.40. The standard InChI is InChI=1S/C12H13NO3/c1-15-9-3-2-4-10-11(9)7-5-13-6-8(7)12(14)16-10/h2-4,7-8,13H,5-6H2,1H3/t7-,8+/m0/s1. The van der Waals surface area contributed by atoms with Gasteiger partial charge in [0.15, 0.2) is 0 Å². The van der Waals surface area contributed by atoms with E-state index >= 15 is 0 Å². The highest BCUT2D eigenvalue weighted by Gasteiger charge is 2.42. The molecule has 0 unspecified atom stereocenters. The van der Waals surface area contributed by atoms with E-state index < -0.39 is 0 Å². The summed E-state index contributed by atoms with van der Waals surface area (Å²) in [5, 5.41) is 3.23. The Labute approximate surface area is 93.5 Å². The Morgan fingerprint density at radius 3 is 3.00 bits per heavy atom. The molecule has 84 valence electrons. The van der Waals surface area contributed by atoms with Crippen LogP contribution in [0.25, 0.3) is 0 Å². The van der Waals surface area contributed by atoms with Crippen LogP contribution >= 0.6 is 0 Å². The van der Waals surface area contributed by atoms with Crippen molar-refractivity contribution in [3.63, 3.8) is 0 Å². The number of rotatable bonds is 1. The van der Waals surface area contributed by atoms with E-state index in [1.165, 1.54) is 0 Å². The van der Waals surface area contributed by atoms with Crippen molar-refractivity contribution < 1.29 is 14.3 Å². The zero-order chi connectivity index (χ0) is 11.1. The van der Waals surface area contributed by atoms with E-state index in [1.54, 1.807) is 7.11 Å². The number of carbonyl (C=O) groups is 1. The predicted octanol–water partition coefficient (Wildman–Crippen LogP) is 0.917. The number of hydrogen-bond donors (Lipinski definition) is 1. The maximum Gasteiger partial charge on any atom is 0.316 e. The topological polar surface area (TPSA) is 47.6 Å². The van der Waals surface area contributed by atoms with Crippen LogP contribution in [0.5, 0.6) is 11.5 Å². The summed E-state index contributed by atoms with van der Waals surface area (Å²) in [6, 6.07) is 5.57. The van der Waals surface area contributed by atoms with Crippen LogP contribution in [0.15, 0.2) is 18.2 Å². The highest BCUT2D eigenvalue weighted by Crippen LogP contribution is 2.44. The van der Waals surface area contributed by atoms with Gasteiger partial charge in [-0.25, -0.2) is 0 Å². The lowest BCUT2D eigenvalue weighted by atomic mass is 9.86. The highest BCUT2D eigenvalue weighted by atomic mass is 16.5. The molecule has 3 rings (SSSR count). The smallest absolute Gasteiger partial charge is 0.316 e. The van der Waals surface area contributed by atoms with Crippen LogP contribution in [0.4, 0.5) is 0 Å². The lowest BCUT2D eigenvalue weighted by molar-refractivity contribution is -0.140. The Kier molecular flexibility index (Phi) is 2.11. The van der Waals surface area contributed by atoms with Gasteiger partial charge in [0.1, 0.15) is 11.5 Å². The molecule has 0 aliphatic carbocycles. The first-order chi connectivity index (χ1) is 7.81. The van der Waals surface area contributed by atoms with Crippen LogP contribution in [0.3, 0.4) is 0 Å². The minimum Gasteiger partial charge on any atom is -0.496 e. The molecule has 2 aliphatic rings. The largest absolute Gasteiger partial charge is 0.496 e. The number of esters is 1. The van der Waals surface area contributed by atoms with Crippen molar-refractivity contribution >= 4 is 5.97 Å². The fourth-order valence-corrected chi connectivity index (χ4v) is 2.57. The van der Waals surface area contributed by atoms with Gasteiger partial charge >= 0.3 is 5.97 Å². The Bertz CT molecular complexity index is 444. The van der Waals surface area contributed by atoms with E-state index in [9.17, 15) is 4.79 Å². The minimum atomic E-state index is -0.129. The first kappa shape index (κ1) is 9.66. The Morgan fingerprint density at radius 2 is 2.19 bits per heavy atom. The molecule has 2 aliphatic heterocycles. The van der Waals surface area contributed by atoms with E-state index in [0.717, 1.165) is 17.9 Å². The second-order valence-corrected chi connectivity index (χ2v) is 4.16. The van der Waals surface area contributed by atoms with E-state index in [-0.39, 0.29) is 17.8 Å². The summed E-state index contributed by atoms with van der Waals surface area (Å²) in [7, 11) is 1.64. The zero-order valence-corrected chi connectivity index (χ0v) is 9.03. The van der Waals surface area contributed by atoms with Crippen LogP contribution in [0, 0.1) is 5.92 Å². The van der Waals surface area contributed by atoms with Crippen molar-refractivity contribution in [3.05, 3.63) is 23.8 Å². The summed E-state index contributed by atoms with van der Waals surface area (Å²) in [4.78, 5) is 11.7. The maximum absolute atomic E-state index is 11.7. The summed E-state index contributed by atoms with van der Waals surface area (Å²) in [5.41, 5.74) is 1.03. The first-order valence-corrected chi connectivity index (χ1v) is 5.40. The van der Waals surface area contributed by atoms with Gasteiger partial charge in [-0.15, -0.1) is 0 Å². The fourth-order valence-electron chi connectivity index (χ4n) is 2.57. The van der Waals surface area contributed by atoms with Gasteiger partial charge in [-0.1, -0.05) is 6.07 Å². The molecule has 1 aromatic rings. The molecule has 4 nitrogen and oxygen atoms in total. The van der Waals surface area contributed by atoms with Crippen LogP contribution in [-0.4, -0.2) is 26.2 Å². The molecule has 0 radical (unpaired) electrons. The number of benzene rings is 1. The minimum absolute atomic E-state index is 0.0659. The fraction of sp³-hybridized carbons (Fsp3) is 0.417. The van der Waals surface area contributed by atoms with Crippen molar-refractivity contribution in [3.8, 4) is 11.5 Å². The van der Waals surface area contributed by atoms with E-state index in [4.69, 9.17) is 9.47 Å². The van der Waals surface area contributed by atoms with Crippen molar-refractivity contribution in [2.24, 2.45) is 5.92 Å². The van der Waals surface area contributed by atoms with Gasteiger partial charge in [0.2, 0.25) is 0 Å². The number of nitrogens with one attached hydrogen (secondary N) is 1. The molecule has 16 heavy (non-hydrogen) atoms. The summed E-state index contributed by atoms with van der Waals surface area (Å²) in [6.07, 6.45) is 0. The van der Waals surface area contributed by atoms with Crippen LogP contribution in [0.2, 0.25) is 0 Å². The molecule has 2 heterocycles. The molecule has 1 fully saturated rings. The monoisotopic (exact) mass is 219 g/mol. The van der Waals surface area contributed by atoms with Crippen molar-refractivity contribution in [2.45, 2.75) is 5.92 Å². The van der Waals surface area contributed by atoms with Gasteiger partial charge < -0.3 is 14.8 Å². The van der Waals surface area contributed by atoms with E-state index in [0.29, 0.717) is 12.3 Å². The number of fused-ring (bicyclic) bond motifs is 3. The van der Waals surface area contributed by atoms with Gasteiger partial charge in [0.25, 0.3) is 0 Å². The molecule has 1 N–H and O–H groups in total. The third-order valence-corrected chi connectivity index (χ3v) is 3.34. The zero-order valence-electron chi connectivity index (χ0n) is 9.03. The summed E-state index contributed by atoms with van der Waals surface area (Å²) >= 11 is 0. The maximum atomic E-state index is 11.7. The second kappa shape index (κ2) is 3.49. The van der Waals surface area contributed by atoms with Crippen molar-refractivity contribution in [2.75, 3.05) is 20.2 Å². The second-order valence-electron chi connectivity index (χ2n) is 4.16. The average molecular weight is 219 g/mol. The van der Waals surface area contributed by atoms with Gasteiger partial charge in [-0.2, -0.15) is 0 Å². The molecular formula is C12H13NO3. The predicted molar refractivity (Wildman–Crippen MR) is 57.7 cm³/mol. The molecule has 2 atom stereocenters. The summed E-state index contributed by atoms with van der Waals surface area (Å²) < 4.78 is 10.7. The molecule has 0 aromatic heterocycles. The molecular weight excluding hydrogens is 206 g/mol. The molecule has 0 amide bonds. The molecule has 0 bridgehead atoms. The Balaban J connectivity index is 2.14. The number of hydrogen-bond acceptors (Lipinski definition) is 4. The molecule has 1 aromatic carbocycles. The Hall–Kier alpha value is -1.55. The van der Waals surface area contributed by atoms with Gasteiger partial charge in [-0.05, 0) is 12.1 Å². The van der Waals surface area contributed by atoms with Crippen LogP contribution in [0.1, 0.15) is 11.5 Å². The van der Waals surface area contributed by atoms with Gasteiger partial charge in [0, 0.05) is 24.6 Å². The molecule has 1 saturated heterocycles. The third kappa shape index (κ3) is 1.23. The van der Waals surface area contributed by atoms with Crippen molar-refractivity contribution in [1.82, 2.24) is 5.32 Å². The quantitative estimate of drug-likeness (QED) is 0.563.